The lowest BCUT2D eigenvalue weighted by molar-refractivity contribution is -0.908. The lowest BCUT2D eigenvalue weighted by Crippen LogP contribution is -3.14. The van der Waals surface area contributed by atoms with E-state index in [-0.39, 0.29) is 11.3 Å². The highest BCUT2D eigenvalue weighted by Crippen LogP contribution is 2.39. The van der Waals surface area contributed by atoms with Gasteiger partial charge in [-0.1, -0.05) is 56.3 Å². The van der Waals surface area contributed by atoms with E-state index in [9.17, 15) is 14.7 Å². The number of ether oxygens (including phenoxy) is 1. The Morgan fingerprint density at radius 1 is 1.11 bits per heavy atom. The van der Waals surface area contributed by atoms with Crippen molar-refractivity contribution in [3.8, 4) is 0 Å². The highest BCUT2D eigenvalue weighted by molar-refractivity contribution is 6.15. The third-order valence-corrected chi connectivity index (χ3v) is 7.23. The van der Waals surface area contributed by atoms with Gasteiger partial charge in [-0.15, -0.1) is 0 Å². The van der Waals surface area contributed by atoms with Crippen LogP contribution in [0.1, 0.15) is 53.9 Å². The number of furan rings is 1. The molecule has 2 aliphatic rings. The quantitative estimate of drug-likeness (QED) is 0.492. The van der Waals surface area contributed by atoms with Crippen LogP contribution in [-0.2, 0) is 9.53 Å². The average Bonchev–Trinajstić information content (AvgIpc) is 3.44. The molecule has 2 aliphatic heterocycles. The van der Waals surface area contributed by atoms with Crippen molar-refractivity contribution in [2.24, 2.45) is 0 Å². The van der Waals surface area contributed by atoms with E-state index in [1.807, 2.05) is 42.5 Å². The molecule has 1 aromatic heterocycles. The Kier molecular flexibility index (Phi) is 6.94. The standard InChI is InChI=1S/C29H32N2O5/c1-19(2)20-8-10-21(11-9-20)26-25(27(32)24-18-22-6-3-4-7-23(22)36-24)28(33)29(34)31(26)13-5-12-30-14-16-35-17-15-30/h3-4,6-11,18-19,26,33H,5,12-17H2,1-2H3. The normalized spacial score (nSPS) is 19.1. The van der Waals surface area contributed by atoms with E-state index in [0.29, 0.717) is 18.0 Å². The van der Waals surface area contributed by atoms with Crippen molar-refractivity contribution in [3.05, 3.63) is 82.8 Å². The van der Waals surface area contributed by atoms with Crippen LogP contribution >= 0.6 is 0 Å². The summed E-state index contributed by atoms with van der Waals surface area (Å²) in [4.78, 5) is 29.9. The van der Waals surface area contributed by atoms with Crippen LogP contribution in [0.5, 0.6) is 0 Å². The average molecular weight is 489 g/mol. The molecule has 7 heteroatoms. The molecule has 1 saturated heterocycles. The number of para-hydroxylation sites is 1. The number of amides is 1. The van der Waals surface area contributed by atoms with E-state index >= 15 is 0 Å². The maximum absolute atomic E-state index is 13.6. The highest BCUT2D eigenvalue weighted by Gasteiger charge is 2.40. The molecule has 1 atom stereocenters. The van der Waals surface area contributed by atoms with Gasteiger partial charge >= 0.3 is 0 Å². The van der Waals surface area contributed by atoms with Crippen LogP contribution in [0.3, 0.4) is 0 Å². The van der Waals surface area contributed by atoms with Crippen molar-refractivity contribution in [2.75, 3.05) is 39.4 Å². The Bertz CT molecular complexity index is 1250. The molecular formula is C29H32N2O5. The topological polar surface area (TPSA) is 87.2 Å². The molecule has 5 rings (SSSR count). The van der Waals surface area contributed by atoms with E-state index < -0.39 is 23.5 Å². The number of rotatable bonds is 8. The van der Waals surface area contributed by atoms with Gasteiger partial charge in [0.2, 0.25) is 11.7 Å². The minimum atomic E-state index is -0.739. The fourth-order valence-electron chi connectivity index (χ4n) is 5.15. The molecule has 1 fully saturated rings. The van der Waals surface area contributed by atoms with Crippen LogP contribution in [0, 0.1) is 0 Å². The lowest BCUT2D eigenvalue weighted by atomic mass is 9.93. The van der Waals surface area contributed by atoms with Crippen molar-refractivity contribution < 1.29 is 28.7 Å². The molecule has 0 radical (unpaired) electrons. The molecule has 0 bridgehead atoms. The highest BCUT2D eigenvalue weighted by atomic mass is 16.5. The molecule has 188 valence electrons. The molecule has 7 nitrogen and oxygen atoms in total. The predicted octanol–water partition coefficient (Wildman–Crippen LogP) is 2.24. The number of nitrogens with zero attached hydrogens (tertiary/aromatic N) is 1. The van der Waals surface area contributed by atoms with Crippen molar-refractivity contribution in [2.45, 2.75) is 32.2 Å². The molecule has 0 aliphatic carbocycles. The molecule has 1 amide bonds. The molecule has 0 spiro atoms. The van der Waals surface area contributed by atoms with Gasteiger partial charge in [-0.05, 0) is 34.9 Å². The smallest absolute Gasteiger partial charge is 0.239 e. The number of hydrogen-bond acceptors (Lipinski definition) is 5. The minimum absolute atomic E-state index is 0.0323. The minimum Gasteiger partial charge on any atom is -0.868 e. The van der Waals surface area contributed by atoms with Gasteiger partial charge in [0.25, 0.3) is 0 Å². The molecule has 36 heavy (non-hydrogen) atoms. The van der Waals surface area contributed by atoms with Gasteiger partial charge in [-0.3, -0.25) is 9.59 Å². The monoisotopic (exact) mass is 488 g/mol. The van der Waals surface area contributed by atoms with E-state index in [2.05, 4.69) is 13.8 Å². The third kappa shape index (κ3) is 4.68. The molecule has 1 N–H and O–H groups in total. The summed E-state index contributed by atoms with van der Waals surface area (Å²) in [5, 5.41) is 14.0. The number of nitrogens with one attached hydrogen (secondary N) is 1. The van der Waals surface area contributed by atoms with Gasteiger partial charge in [-0.25, -0.2) is 0 Å². The number of morpholine rings is 1. The summed E-state index contributed by atoms with van der Waals surface area (Å²) in [6.45, 7) is 8.87. The van der Waals surface area contributed by atoms with Crippen molar-refractivity contribution in [3.63, 3.8) is 0 Å². The summed E-state index contributed by atoms with van der Waals surface area (Å²) in [6, 6.07) is 16.1. The number of fused-ring (bicyclic) bond motifs is 1. The van der Waals surface area contributed by atoms with Gasteiger partial charge in [0.1, 0.15) is 18.7 Å². The zero-order valence-corrected chi connectivity index (χ0v) is 20.8. The van der Waals surface area contributed by atoms with Gasteiger partial charge in [0.05, 0.1) is 25.8 Å². The van der Waals surface area contributed by atoms with Crippen LogP contribution < -0.4 is 10.0 Å². The molecular weight excluding hydrogens is 456 g/mol. The van der Waals surface area contributed by atoms with Gasteiger partial charge in [-0.2, -0.15) is 0 Å². The third-order valence-electron chi connectivity index (χ3n) is 7.23. The second-order valence-corrected chi connectivity index (χ2v) is 9.91. The first-order valence-corrected chi connectivity index (χ1v) is 12.7. The fourth-order valence-corrected chi connectivity index (χ4v) is 5.15. The van der Waals surface area contributed by atoms with Crippen LogP contribution in [0.4, 0.5) is 0 Å². The summed E-state index contributed by atoms with van der Waals surface area (Å²) in [6.07, 6.45) is 0.737. The maximum atomic E-state index is 13.6. The Morgan fingerprint density at radius 2 is 1.83 bits per heavy atom. The lowest BCUT2D eigenvalue weighted by Gasteiger charge is -2.29. The summed E-state index contributed by atoms with van der Waals surface area (Å²) in [7, 11) is 0. The summed E-state index contributed by atoms with van der Waals surface area (Å²) in [5.41, 5.74) is 2.45. The van der Waals surface area contributed by atoms with E-state index in [0.717, 1.165) is 55.8 Å². The first-order valence-electron chi connectivity index (χ1n) is 12.7. The number of ketones is 1. The van der Waals surface area contributed by atoms with Crippen molar-refractivity contribution in [1.29, 1.82) is 0 Å². The van der Waals surface area contributed by atoms with E-state index in [1.165, 1.54) is 4.90 Å². The van der Waals surface area contributed by atoms with Crippen LogP contribution in [0.25, 0.3) is 11.0 Å². The van der Waals surface area contributed by atoms with Gasteiger partial charge in [0.15, 0.2) is 5.76 Å². The number of hydrogen-bond donors (Lipinski definition) is 1. The Hall–Kier alpha value is -3.42. The fraction of sp³-hybridized carbons (Fsp3) is 0.379. The summed E-state index contributed by atoms with van der Waals surface area (Å²) in [5.74, 6) is -1.46. The Morgan fingerprint density at radius 3 is 2.53 bits per heavy atom. The molecule has 2 aromatic carbocycles. The molecule has 0 saturated carbocycles. The number of quaternary nitrogens is 1. The number of carbonyl (C=O) groups excluding carboxylic acids is 2. The zero-order chi connectivity index (χ0) is 25.2. The van der Waals surface area contributed by atoms with Crippen molar-refractivity contribution >= 4 is 22.7 Å². The Balaban J connectivity index is 1.46. The van der Waals surface area contributed by atoms with Crippen LogP contribution in [-0.4, -0.2) is 56.0 Å². The van der Waals surface area contributed by atoms with Crippen LogP contribution in [0.15, 0.2) is 70.3 Å². The van der Waals surface area contributed by atoms with Crippen molar-refractivity contribution in [1.82, 2.24) is 4.90 Å². The molecule has 1 unspecified atom stereocenters. The molecule has 3 aromatic rings. The summed E-state index contributed by atoms with van der Waals surface area (Å²) < 4.78 is 11.2. The predicted molar refractivity (Wildman–Crippen MR) is 134 cm³/mol. The van der Waals surface area contributed by atoms with E-state index in [4.69, 9.17) is 9.15 Å². The van der Waals surface area contributed by atoms with Crippen LogP contribution in [0.2, 0.25) is 0 Å². The van der Waals surface area contributed by atoms with E-state index in [1.54, 1.807) is 17.0 Å². The number of Topliss-reactive ketones (excluding diaryl/α,β-unsaturated/α-hetero) is 1. The Labute approximate surface area is 210 Å². The first-order chi connectivity index (χ1) is 17.4. The number of carbonyl (C=O) groups is 2. The van der Waals surface area contributed by atoms with Gasteiger partial charge < -0.3 is 24.1 Å². The summed E-state index contributed by atoms with van der Waals surface area (Å²) >= 11 is 0. The van der Waals surface area contributed by atoms with Gasteiger partial charge in [0, 0.05) is 23.9 Å². The molecule has 3 heterocycles. The zero-order valence-electron chi connectivity index (χ0n) is 20.8. The second kappa shape index (κ2) is 10.3. The maximum Gasteiger partial charge on any atom is 0.239 e. The largest absolute Gasteiger partial charge is 0.868 e. The number of benzene rings is 2. The SMILES string of the molecule is CC(C)c1ccc(C2C(C(=O)c3cc4ccccc4o3)=C([O-])C(=O)N2CCC[NH+]2CCOCC2)cc1. The second-order valence-electron chi connectivity index (χ2n) is 9.91. The first kappa shape index (κ1) is 24.3.